The van der Waals surface area contributed by atoms with Crippen LogP contribution in [0.2, 0.25) is 0 Å². The molecule has 4 nitrogen and oxygen atoms in total. The summed E-state index contributed by atoms with van der Waals surface area (Å²) in [4.78, 5) is 0. The van der Waals surface area contributed by atoms with Crippen LogP contribution < -0.4 is 18.9 Å². The molecule has 65 valence electrons. The predicted octanol–water partition coefficient (Wildman–Crippen LogP) is -2.02. The molecular formula is H5Cl4LiMnO4. The Kier molecular flexibility index (Phi) is 542. The molecule has 0 aliphatic carbocycles. The van der Waals surface area contributed by atoms with Gasteiger partial charge in [0.15, 0.2) is 0 Å². The molecule has 0 rings (SSSR count). The summed E-state index contributed by atoms with van der Waals surface area (Å²) in [5.41, 5.74) is 0. The molecule has 0 atom stereocenters. The molecule has 0 saturated heterocycles. The van der Waals surface area contributed by atoms with Gasteiger partial charge in [0.05, 0.1) is 23.7 Å². The van der Waals surface area contributed by atoms with Gasteiger partial charge in [-0.05, 0) is 0 Å². The molecule has 0 amide bonds. The maximum atomic E-state index is 8.41. The molecule has 2 N–H and O–H groups in total. The fourth-order valence-corrected chi connectivity index (χ4v) is 0. The Morgan fingerprint density at radius 1 is 1.00 bits per heavy atom. The summed E-state index contributed by atoms with van der Waals surface area (Å²) < 4.78 is 29.8. The molecule has 0 heterocycles. The molecule has 0 radical (unpaired) electrons. The molecule has 0 saturated carbocycles. The number of hydrogen-bond acceptors (Lipinski definition) is 4. The second kappa shape index (κ2) is 132. The zero-order valence-corrected chi connectivity index (χ0v) is 8.99. The van der Waals surface area contributed by atoms with Crippen LogP contribution >= 0.6 is 48.5 Å². The van der Waals surface area contributed by atoms with Gasteiger partial charge >= 0.3 is 41.4 Å². The predicted molar refractivity (Wildman–Crippen MR) is 33.1 cm³/mol. The molecule has 0 aromatic rings. The van der Waals surface area contributed by atoms with Gasteiger partial charge in [0.1, 0.15) is 0 Å². The first-order valence-electron chi connectivity index (χ1n) is 0.647. The molecule has 0 unspecified atom stereocenters. The van der Waals surface area contributed by atoms with E-state index < -0.39 is 14.8 Å². The molecule has 10 heavy (non-hydrogen) atoms. The second-order valence-corrected chi connectivity index (χ2v) is 0.260. The van der Waals surface area contributed by atoms with Crippen molar-refractivity contribution < 1.29 is 52.1 Å². The van der Waals surface area contributed by atoms with Crippen LogP contribution in [0.4, 0.5) is 0 Å². The van der Waals surface area contributed by atoms with Crippen LogP contribution in [0.15, 0.2) is 0 Å². The first kappa shape index (κ1) is 40.9. The zero-order valence-electron chi connectivity index (χ0n) is 5.66. The molecular weight excluding hydrogens is 268 g/mol. The normalized spacial score (nSPS) is 2.40. The quantitative estimate of drug-likeness (QED) is 0.500. The zero-order chi connectivity index (χ0) is 6.71. The van der Waals surface area contributed by atoms with Crippen LogP contribution in [-0.2, 0) is 22.5 Å². The van der Waals surface area contributed by atoms with Crippen molar-refractivity contribution in [2.75, 3.05) is 0 Å². The van der Waals surface area contributed by atoms with Gasteiger partial charge in [-0.1, -0.05) is 0 Å². The molecule has 0 fully saturated rings. The fraction of sp³-hybridized carbons (Fsp3) is 0. The fourth-order valence-electron chi connectivity index (χ4n) is 0. The van der Waals surface area contributed by atoms with Gasteiger partial charge in [-0.3, -0.25) is 9.32 Å². The van der Waals surface area contributed by atoms with E-state index in [0.717, 1.165) is 0 Å². The van der Waals surface area contributed by atoms with Gasteiger partial charge in [0.25, 0.3) is 0 Å². The van der Waals surface area contributed by atoms with E-state index in [9.17, 15) is 0 Å². The van der Waals surface area contributed by atoms with Crippen LogP contribution in [-0.4, -0.2) is 9.32 Å². The van der Waals surface area contributed by atoms with E-state index in [2.05, 4.69) is 23.7 Å². The third-order valence-corrected chi connectivity index (χ3v) is 0. The third kappa shape index (κ3) is 235. The van der Waals surface area contributed by atoms with E-state index in [4.69, 9.17) is 17.0 Å². The van der Waals surface area contributed by atoms with Gasteiger partial charge in [-0.2, -0.15) is 0 Å². The average Bonchev–Trinajstić information content (AvgIpc) is 1.78. The standard InChI is InChI=1S/2ClHO.2ClH.Li.Mn.2O.H/c2*1-2;;;;;;;/h2*2H;2*1H;;;;;/q;;;;+1;;;;-1. The minimum absolute atomic E-state index is 0. The molecule has 10 heteroatoms. The first-order valence-corrected chi connectivity index (χ1v) is 2.29. The Hall–Kier alpha value is 1.80. The summed E-state index contributed by atoms with van der Waals surface area (Å²) in [7, 11) is 0. The van der Waals surface area contributed by atoms with Crippen LogP contribution in [0.5, 0.6) is 0 Å². The second-order valence-electron chi connectivity index (χ2n) is 0.0630. The number of rotatable bonds is 0. The van der Waals surface area contributed by atoms with E-state index in [-0.39, 0.29) is 45.1 Å². The Morgan fingerprint density at radius 2 is 1.00 bits per heavy atom. The first-order chi connectivity index (χ1) is 3.41. The summed E-state index contributed by atoms with van der Waals surface area (Å²) in [5, 5.41) is 0. The van der Waals surface area contributed by atoms with Crippen molar-refractivity contribution in [3.8, 4) is 0 Å². The Labute approximate surface area is 100 Å². The van der Waals surface area contributed by atoms with Crippen molar-refractivity contribution in [1.29, 1.82) is 0 Å². The molecule has 0 aromatic carbocycles. The molecule has 0 aromatic heterocycles. The van der Waals surface area contributed by atoms with Crippen molar-refractivity contribution in [3.63, 3.8) is 0 Å². The topological polar surface area (TPSA) is 74.6 Å². The summed E-state index contributed by atoms with van der Waals surface area (Å²) in [6.45, 7) is 0. The van der Waals surface area contributed by atoms with Gasteiger partial charge < -0.3 is 1.43 Å². The van der Waals surface area contributed by atoms with Crippen molar-refractivity contribution in [3.05, 3.63) is 0 Å². The van der Waals surface area contributed by atoms with E-state index in [1.54, 1.807) is 0 Å². The van der Waals surface area contributed by atoms with E-state index in [1.165, 1.54) is 0 Å². The number of halogens is 4. The van der Waals surface area contributed by atoms with Crippen LogP contribution in [0, 0.1) is 0 Å². The third-order valence-electron chi connectivity index (χ3n) is 0. The SMILES string of the molecule is Cl.Cl.OCl.OCl.[H-].[Li+].[O]=[Mn]=[O]. The molecule has 0 aliphatic rings. The minimum atomic E-state index is -1.44. The van der Waals surface area contributed by atoms with Gasteiger partial charge in [0, 0.05) is 0 Å². The van der Waals surface area contributed by atoms with E-state index in [0.29, 0.717) is 0 Å². The summed E-state index contributed by atoms with van der Waals surface area (Å²) in [6, 6.07) is 0. The Balaban J connectivity index is -0.00000000378. The average molecular weight is 273 g/mol. The Morgan fingerprint density at radius 3 is 1.00 bits per heavy atom. The van der Waals surface area contributed by atoms with Crippen molar-refractivity contribution >= 4 is 48.5 Å². The Bertz CT molecular complexity index is 43.1. The van der Waals surface area contributed by atoms with Crippen LogP contribution in [0.3, 0.4) is 0 Å². The molecule has 0 aliphatic heterocycles. The number of hydrogen-bond donors (Lipinski definition) is 2. The monoisotopic (exact) mass is 271 g/mol. The van der Waals surface area contributed by atoms with Gasteiger partial charge in [0.2, 0.25) is 0 Å². The summed E-state index contributed by atoms with van der Waals surface area (Å²) >= 11 is 5.84. The summed E-state index contributed by atoms with van der Waals surface area (Å²) in [5.74, 6) is 0. The van der Waals surface area contributed by atoms with Crippen LogP contribution in [0.1, 0.15) is 1.43 Å². The van der Waals surface area contributed by atoms with Crippen molar-refractivity contribution in [1.82, 2.24) is 0 Å². The van der Waals surface area contributed by atoms with Crippen molar-refractivity contribution in [2.45, 2.75) is 0 Å². The van der Waals surface area contributed by atoms with Gasteiger partial charge in [-0.25, -0.2) is 0 Å². The van der Waals surface area contributed by atoms with Crippen molar-refractivity contribution in [2.24, 2.45) is 0 Å². The molecule has 0 bridgehead atoms. The molecule has 0 spiro atoms. The van der Waals surface area contributed by atoms with E-state index in [1.807, 2.05) is 0 Å². The van der Waals surface area contributed by atoms with Gasteiger partial charge in [-0.15, -0.1) is 24.8 Å². The summed E-state index contributed by atoms with van der Waals surface area (Å²) in [6.07, 6.45) is 0. The van der Waals surface area contributed by atoms with E-state index >= 15 is 0 Å². The maximum absolute atomic E-state index is 8.41. The van der Waals surface area contributed by atoms with Crippen LogP contribution in [0.25, 0.3) is 0 Å².